The fraction of sp³-hybridized carbons (Fsp3) is 0.476. The number of benzene rings is 1. The van der Waals surface area contributed by atoms with Crippen LogP contribution in [0.2, 0.25) is 0 Å². The highest BCUT2D eigenvalue weighted by atomic mass is 32.2. The van der Waals surface area contributed by atoms with Crippen molar-refractivity contribution in [2.75, 3.05) is 18.4 Å². The van der Waals surface area contributed by atoms with E-state index in [9.17, 15) is 21.6 Å². The van der Waals surface area contributed by atoms with Crippen LogP contribution < -0.4 is 10.0 Å². The van der Waals surface area contributed by atoms with Gasteiger partial charge in [0.25, 0.3) is 0 Å². The summed E-state index contributed by atoms with van der Waals surface area (Å²) in [4.78, 5) is 4.99. The number of alkyl halides is 3. The molecule has 9 heteroatoms. The first-order valence-corrected chi connectivity index (χ1v) is 11.5. The summed E-state index contributed by atoms with van der Waals surface area (Å²) in [6.45, 7) is 3.53. The van der Waals surface area contributed by atoms with Gasteiger partial charge in [0.05, 0.1) is 4.90 Å². The molecule has 0 atom stereocenters. The first-order valence-electron chi connectivity index (χ1n) is 9.97. The zero-order valence-electron chi connectivity index (χ0n) is 17.2. The van der Waals surface area contributed by atoms with Crippen LogP contribution in [0.5, 0.6) is 0 Å². The Morgan fingerprint density at radius 2 is 1.83 bits per heavy atom. The quantitative estimate of drug-likeness (QED) is 0.662. The van der Waals surface area contributed by atoms with Crippen LogP contribution in [0.15, 0.2) is 41.3 Å². The molecule has 0 saturated carbocycles. The Balaban J connectivity index is 0.000000575. The van der Waals surface area contributed by atoms with Gasteiger partial charge in [-0.3, -0.25) is 0 Å². The van der Waals surface area contributed by atoms with Crippen LogP contribution in [0.1, 0.15) is 43.5 Å². The minimum absolute atomic E-state index is 0.188. The SMILES string of the molecule is CC(F)(F)F.CCCc1ccccc1S(=O)(=O)NCCc1ccc2c(n1)NCCC2. The van der Waals surface area contributed by atoms with Gasteiger partial charge in [0.15, 0.2) is 0 Å². The molecule has 1 aliphatic heterocycles. The largest absolute Gasteiger partial charge is 0.386 e. The monoisotopic (exact) mass is 443 g/mol. The number of aryl methyl sites for hydroxylation is 2. The molecular formula is C21H28F3N3O2S. The highest BCUT2D eigenvalue weighted by Gasteiger charge is 2.18. The van der Waals surface area contributed by atoms with Crippen LogP contribution in [0.4, 0.5) is 19.0 Å². The molecule has 2 N–H and O–H groups in total. The third-order valence-corrected chi connectivity index (χ3v) is 5.97. The van der Waals surface area contributed by atoms with E-state index < -0.39 is 16.2 Å². The molecule has 2 heterocycles. The molecule has 166 valence electrons. The van der Waals surface area contributed by atoms with Crippen LogP contribution in [0, 0.1) is 0 Å². The summed E-state index contributed by atoms with van der Waals surface area (Å²) in [6, 6.07) is 11.3. The fourth-order valence-electron chi connectivity index (χ4n) is 3.14. The Labute approximate surface area is 176 Å². The normalized spacial score (nSPS) is 13.6. The van der Waals surface area contributed by atoms with Crippen LogP contribution in [-0.2, 0) is 29.3 Å². The first kappa shape index (κ1) is 24.1. The van der Waals surface area contributed by atoms with E-state index in [2.05, 4.69) is 21.1 Å². The highest BCUT2D eigenvalue weighted by molar-refractivity contribution is 7.89. The molecular weight excluding hydrogens is 415 g/mol. The van der Waals surface area contributed by atoms with E-state index in [1.165, 1.54) is 5.56 Å². The minimum atomic E-state index is -4.00. The second-order valence-corrected chi connectivity index (χ2v) is 8.86. The number of aromatic nitrogens is 1. The van der Waals surface area contributed by atoms with E-state index in [0.717, 1.165) is 49.3 Å². The second kappa shape index (κ2) is 10.8. The highest BCUT2D eigenvalue weighted by Crippen LogP contribution is 2.20. The van der Waals surface area contributed by atoms with Crippen LogP contribution in [0.25, 0.3) is 0 Å². The lowest BCUT2D eigenvalue weighted by atomic mass is 10.1. The standard InChI is InChI=1S/C19H25N3O2S.C2H3F3/c1-2-6-15-7-3-4-9-18(15)25(23,24)21-14-12-17-11-10-16-8-5-13-20-19(16)22-17;1-2(3,4)5/h3-4,7,9-11,21H,2,5-6,8,12-14H2,1H3,(H,20,22);1H3. The lowest BCUT2D eigenvalue weighted by Crippen LogP contribution is -2.27. The smallest absolute Gasteiger partial charge is 0.370 e. The van der Waals surface area contributed by atoms with Gasteiger partial charge in [-0.15, -0.1) is 0 Å². The Morgan fingerprint density at radius 1 is 1.13 bits per heavy atom. The molecule has 0 saturated heterocycles. The van der Waals surface area contributed by atoms with Gasteiger partial charge in [0.1, 0.15) is 5.82 Å². The summed E-state index contributed by atoms with van der Waals surface area (Å²) in [7, 11) is -3.49. The number of hydrogen-bond acceptors (Lipinski definition) is 4. The molecule has 0 amide bonds. The molecule has 30 heavy (non-hydrogen) atoms. The molecule has 1 aliphatic rings. The summed E-state index contributed by atoms with van der Waals surface area (Å²) in [6.07, 6.45) is 0.430. The molecule has 0 spiro atoms. The van der Waals surface area contributed by atoms with E-state index in [1.807, 2.05) is 25.1 Å². The van der Waals surface area contributed by atoms with Gasteiger partial charge >= 0.3 is 6.18 Å². The van der Waals surface area contributed by atoms with Gasteiger partial charge in [-0.1, -0.05) is 37.6 Å². The molecule has 3 rings (SSSR count). The Kier molecular flexibility index (Phi) is 8.66. The number of rotatable bonds is 7. The van der Waals surface area contributed by atoms with Crippen LogP contribution in [0.3, 0.4) is 0 Å². The number of sulfonamides is 1. The average Bonchev–Trinajstić information content (AvgIpc) is 2.67. The predicted molar refractivity (Wildman–Crippen MR) is 112 cm³/mol. The number of nitrogens with zero attached hydrogens (tertiary/aromatic N) is 1. The van der Waals surface area contributed by atoms with Gasteiger partial charge in [0, 0.05) is 32.1 Å². The van der Waals surface area contributed by atoms with Gasteiger partial charge in [-0.2, -0.15) is 13.2 Å². The van der Waals surface area contributed by atoms with Crippen molar-refractivity contribution >= 4 is 15.8 Å². The van der Waals surface area contributed by atoms with Crippen molar-refractivity contribution in [2.45, 2.75) is 57.0 Å². The summed E-state index contributed by atoms with van der Waals surface area (Å²) >= 11 is 0. The first-order chi connectivity index (χ1) is 14.1. The number of halogens is 3. The molecule has 0 radical (unpaired) electrons. The molecule has 2 aromatic rings. The van der Waals surface area contributed by atoms with Crippen molar-refractivity contribution in [1.29, 1.82) is 0 Å². The topological polar surface area (TPSA) is 71.1 Å². The lowest BCUT2D eigenvalue weighted by molar-refractivity contribution is -0.110. The number of anilines is 1. The molecule has 0 bridgehead atoms. The van der Waals surface area contributed by atoms with Gasteiger partial charge in [0.2, 0.25) is 10.0 Å². The van der Waals surface area contributed by atoms with Crippen molar-refractivity contribution in [3.8, 4) is 0 Å². The third-order valence-electron chi connectivity index (χ3n) is 4.41. The predicted octanol–water partition coefficient (Wildman–Crippen LogP) is 4.48. The lowest BCUT2D eigenvalue weighted by Gasteiger charge is -2.17. The van der Waals surface area contributed by atoms with Crippen molar-refractivity contribution in [2.24, 2.45) is 0 Å². The molecule has 0 aliphatic carbocycles. The Bertz CT molecular complexity index is 925. The van der Waals surface area contributed by atoms with Crippen molar-refractivity contribution < 1.29 is 21.6 Å². The molecule has 0 fully saturated rings. The maximum atomic E-state index is 12.6. The summed E-state index contributed by atoms with van der Waals surface area (Å²) in [5, 5.41) is 3.31. The third kappa shape index (κ3) is 7.95. The van der Waals surface area contributed by atoms with E-state index >= 15 is 0 Å². The zero-order chi connectivity index (χ0) is 22.2. The zero-order valence-corrected chi connectivity index (χ0v) is 18.0. The number of pyridine rings is 1. The Morgan fingerprint density at radius 3 is 2.53 bits per heavy atom. The van der Waals surface area contributed by atoms with E-state index in [0.29, 0.717) is 17.9 Å². The molecule has 5 nitrogen and oxygen atoms in total. The van der Waals surface area contributed by atoms with Crippen molar-refractivity contribution in [1.82, 2.24) is 9.71 Å². The Hall–Kier alpha value is -2.13. The van der Waals surface area contributed by atoms with Gasteiger partial charge < -0.3 is 5.32 Å². The number of fused-ring (bicyclic) bond motifs is 1. The van der Waals surface area contributed by atoms with Gasteiger partial charge in [-0.05, 0) is 42.5 Å². The van der Waals surface area contributed by atoms with Crippen molar-refractivity contribution in [3.05, 3.63) is 53.2 Å². The number of nitrogens with one attached hydrogen (secondary N) is 2. The van der Waals surface area contributed by atoms with Crippen LogP contribution >= 0.6 is 0 Å². The minimum Gasteiger partial charge on any atom is -0.370 e. The van der Waals surface area contributed by atoms with E-state index in [-0.39, 0.29) is 6.92 Å². The molecule has 1 aromatic heterocycles. The van der Waals surface area contributed by atoms with Crippen molar-refractivity contribution in [3.63, 3.8) is 0 Å². The second-order valence-electron chi connectivity index (χ2n) is 7.13. The molecule has 0 unspecified atom stereocenters. The molecule has 1 aromatic carbocycles. The van der Waals surface area contributed by atoms with E-state index in [4.69, 9.17) is 0 Å². The maximum absolute atomic E-state index is 12.6. The number of hydrogen-bond donors (Lipinski definition) is 2. The average molecular weight is 444 g/mol. The fourth-order valence-corrected chi connectivity index (χ4v) is 4.44. The van der Waals surface area contributed by atoms with Crippen LogP contribution in [-0.4, -0.2) is 32.7 Å². The van der Waals surface area contributed by atoms with Gasteiger partial charge in [-0.25, -0.2) is 18.1 Å². The summed E-state index contributed by atoms with van der Waals surface area (Å²) in [5.74, 6) is 0.944. The van der Waals surface area contributed by atoms with E-state index in [1.54, 1.807) is 12.1 Å². The maximum Gasteiger partial charge on any atom is 0.386 e. The summed E-state index contributed by atoms with van der Waals surface area (Å²) in [5.41, 5.74) is 3.01. The summed E-state index contributed by atoms with van der Waals surface area (Å²) < 4.78 is 59.0.